The van der Waals surface area contributed by atoms with Gasteiger partial charge >= 0.3 is 0 Å². The van der Waals surface area contributed by atoms with Crippen LogP contribution in [0, 0.1) is 11.3 Å². The standard InChI is InChI=1S/C16H20N6OS2/c1-11(2)22-16(19-20-21-22)24-10-15(23)18-13-6-4-5-7-14(13)25-12(3)8-9-17/h4-7,11-12H,8,10H2,1-3H3,(H,18,23)/t12-/m1/s1. The molecule has 7 nitrogen and oxygen atoms in total. The van der Waals surface area contributed by atoms with Gasteiger partial charge in [0.05, 0.1) is 23.6 Å². The third-order valence-corrected chi connectivity index (χ3v) is 5.26. The maximum absolute atomic E-state index is 12.3. The lowest BCUT2D eigenvalue weighted by molar-refractivity contribution is -0.113. The number of benzene rings is 1. The minimum absolute atomic E-state index is 0.121. The fourth-order valence-corrected chi connectivity index (χ4v) is 3.78. The minimum Gasteiger partial charge on any atom is -0.324 e. The molecule has 0 unspecified atom stereocenters. The zero-order valence-corrected chi connectivity index (χ0v) is 16.0. The van der Waals surface area contributed by atoms with Gasteiger partial charge in [-0.25, -0.2) is 4.68 Å². The van der Waals surface area contributed by atoms with E-state index in [4.69, 9.17) is 5.26 Å². The molecule has 0 saturated heterocycles. The first kappa shape index (κ1) is 19.3. The Hall–Kier alpha value is -2.05. The highest BCUT2D eigenvalue weighted by Gasteiger charge is 2.14. The Morgan fingerprint density at radius 2 is 2.12 bits per heavy atom. The first-order chi connectivity index (χ1) is 12.0. The van der Waals surface area contributed by atoms with Crippen LogP contribution in [0.5, 0.6) is 0 Å². The van der Waals surface area contributed by atoms with Gasteiger partial charge in [-0.15, -0.1) is 16.9 Å². The number of amides is 1. The van der Waals surface area contributed by atoms with Gasteiger partial charge in [0.1, 0.15) is 0 Å². The van der Waals surface area contributed by atoms with Gasteiger partial charge in [0, 0.05) is 16.6 Å². The van der Waals surface area contributed by atoms with E-state index >= 15 is 0 Å². The second-order valence-corrected chi connectivity index (χ2v) is 8.05. The zero-order chi connectivity index (χ0) is 18.2. The van der Waals surface area contributed by atoms with Crippen LogP contribution in [0.1, 0.15) is 33.2 Å². The fourth-order valence-electron chi connectivity index (χ4n) is 1.98. The number of aromatic nitrogens is 4. The summed E-state index contributed by atoms with van der Waals surface area (Å²) in [5, 5.41) is 24.0. The van der Waals surface area contributed by atoms with Crippen LogP contribution in [-0.2, 0) is 4.79 Å². The number of rotatable bonds is 8. The highest BCUT2D eigenvalue weighted by molar-refractivity contribution is 8.00. The number of hydrogen-bond donors (Lipinski definition) is 1. The number of anilines is 1. The molecule has 0 aliphatic carbocycles. The van der Waals surface area contributed by atoms with E-state index in [2.05, 4.69) is 26.9 Å². The highest BCUT2D eigenvalue weighted by atomic mass is 32.2. The number of nitrogens with zero attached hydrogens (tertiary/aromatic N) is 5. The van der Waals surface area contributed by atoms with Crippen molar-refractivity contribution in [2.45, 2.75) is 48.5 Å². The molecule has 1 heterocycles. The Morgan fingerprint density at radius 1 is 1.36 bits per heavy atom. The minimum atomic E-state index is -0.121. The van der Waals surface area contributed by atoms with Crippen LogP contribution < -0.4 is 5.32 Å². The molecule has 1 amide bonds. The molecule has 0 spiro atoms. The molecular formula is C16H20N6OS2. The molecule has 1 aromatic heterocycles. The van der Waals surface area contributed by atoms with Crippen molar-refractivity contribution in [3.05, 3.63) is 24.3 Å². The molecule has 0 aliphatic heterocycles. The Kier molecular flexibility index (Phi) is 7.28. The van der Waals surface area contributed by atoms with E-state index in [1.807, 2.05) is 45.0 Å². The Bertz CT molecular complexity index is 755. The van der Waals surface area contributed by atoms with Gasteiger partial charge in [-0.2, -0.15) is 5.26 Å². The van der Waals surface area contributed by atoms with Crippen LogP contribution >= 0.6 is 23.5 Å². The van der Waals surface area contributed by atoms with Gasteiger partial charge in [-0.05, 0) is 36.4 Å². The summed E-state index contributed by atoms with van der Waals surface area (Å²) in [5.74, 6) is 0.101. The molecule has 0 bridgehead atoms. The number of hydrogen-bond acceptors (Lipinski definition) is 7. The topological polar surface area (TPSA) is 96.5 Å². The smallest absolute Gasteiger partial charge is 0.234 e. The van der Waals surface area contributed by atoms with Crippen molar-refractivity contribution >= 4 is 35.1 Å². The quantitative estimate of drug-likeness (QED) is 0.705. The lowest BCUT2D eigenvalue weighted by atomic mass is 10.3. The average Bonchev–Trinajstić information content (AvgIpc) is 3.04. The van der Waals surface area contributed by atoms with Crippen molar-refractivity contribution in [3.63, 3.8) is 0 Å². The number of tetrazole rings is 1. The largest absolute Gasteiger partial charge is 0.324 e. The predicted molar refractivity (Wildman–Crippen MR) is 99.5 cm³/mol. The summed E-state index contributed by atoms with van der Waals surface area (Å²) in [5.41, 5.74) is 0.756. The summed E-state index contributed by atoms with van der Waals surface area (Å²) in [4.78, 5) is 13.2. The van der Waals surface area contributed by atoms with Crippen LogP contribution in [0.3, 0.4) is 0 Å². The van der Waals surface area contributed by atoms with Crippen LogP contribution in [0.25, 0.3) is 0 Å². The van der Waals surface area contributed by atoms with E-state index in [0.717, 1.165) is 10.6 Å². The molecule has 1 N–H and O–H groups in total. The first-order valence-corrected chi connectivity index (χ1v) is 9.71. The first-order valence-electron chi connectivity index (χ1n) is 7.84. The lowest BCUT2D eigenvalue weighted by Crippen LogP contribution is -2.15. The van der Waals surface area contributed by atoms with E-state index < -0.39 is 0 Å². The number of nitrogens with one attached hydrogen (secondary N) is 1. The average molecular weight is 377 g/mol. The lowest BCUT2D eigenvalue weighted by Gasteiger charge is -2.13. The van der Waals surface area contributed by atoms with Crippen LogP contribution in [0.4, 0.5) is 5.69 Å². The second kappa shape index (κ2) is 9.44. The molecule has 132 valence electrons. The van der Waals surface area contributed by atoms with Crippen molar-refractivity contribution in [1.29, 1.82) is 5.26 Å². The Morgan fingerprint density at radius 3 is 2.84 bits per heavy atom. The summed E-state index contributed by atoms with van der Waals surface area (Å²) < 4.78 is 1.69. The monoisotopic (exact) mass is 376 g/mol. The summed E-state index contributed by atoms with van der Waals surface area (Å²) in [6.07, 6.45) is 0.459. The number of carbonyl (C=O) groups excluding carboxylic acids is 1. The van der Waals surface area contributed by atoms with E-state index in [-0.39, 0.29) is 23.0 Å². The van der Waals surface area contributed by atoms with Gasteiger partial charge < -0.3 is 5.32 Å². The molecule has 1 aromatic carbocycles. The molecule has 0 saturated carbocycles. The number of para-hydroxylation sites is 1. The summed E-state index contributed by atoms with van der Waals surface area (Å²) in [6.45, 7) is 5.96. The highest BCUT2D eigenvalue weighted by Crippen LogP contribution is 2.31. The molecule has 25 heavy (non-hydrogen) atoms. The summed E-state index contributed by atoms with van der Waals surface area (Å²) in [7, 11) is 0. The fraction of sp³-hybridized carbons (Fsp3) is 0.438. The van der Waals surface area contributed by atoms with Crippen molar-refractivity contribution < 1.29 is 4.79 Å². The number of thioether (sulfide) groups is 2. The maximum Gasteiger partial charge on any atom is 0.234 e. The molecule has 2 rings (SSSR count). The van der Waals surface area contributed by atoms with E-state index in [0.29, 0.717) is 11.6 Å². The van der Waals surface area contributed by atoms with Gasteiger partial charge in [0.25, 0.3) is 0 Å². The third kappa shape index (κ3) is 5.76. The predicted octanol–water partition coefficient (Wildman–Crippen LogP) is 3.38. The van der Waals surface area contributed by atoms with Crippen molar-refractivity contribution in [3.8, 4) is 6.07 Å². The van der Waals surface area contributed by atoms with E-state index in [9.17, 15) is 4.79 Å². The molecule has 0 fully saturated rings. The molecule has 0 radical (unpaired) electrons. The molecule has 9 heteroatoms. The molecular weight excluding hydrogens is 356 g/mol. The third-order valence-electron chi connectivity index (χ3n) is 3.15. The normalized spacial score (nSPS) is 12.0. The van der Waals surface area contributed by atoms with Gasteiger partial charge in [0.2, 0.25) is 11.1 Å². The van der Waals surface area contributed by atoms with E-state index in [1.54, 1.807) is 16.4 Å². The summed E-state index contributed by atoms with van der Waals surface area (Å²) in [6, 6.07) is 9.91. The number of carbonyl (C=O) groups is 1. The second-order valence-electron chi connectivity index (χ2n) is 5.62. The van der Waals surface area contributed by atoms with Crippen LogP contribution in [0.15, 0.2) is 34.3 Å². The Balaban J connectivity index is 1.96. The van der Waals surface area contributed by atoms with Gasteiger partial charge in [-0.1, -0.05) is 30.8 Å². The zero-order valence-electron chi connectivity index (χ0n) is 14.3. The molecule has 1 atom stereocenters. The van der Waals surface area contributed by atoms with Gasteiger partial charge in [0.15, 0.2) is 0 Å². The van der Waals surface area contributed by atoms with Crippen LogP contribution in [0.2, 0.25) is 0 Å². The maximum atomic E-state index is 12.3. The van der Waals surface area contributed by atoms with Crippen molar-refractivity contribution in [2.24, 2.45) is 0 Å². The van der Waals surface area contributed by atoms with Crippen molar-refractivity contribution in [2.75, 3.05) is 11.1 Å². The molecule has 2 aromatic rings. The van der Waals surface area contributed by atoms with Crippen LogP contribution in [-0.4, -0.2) is 37.1 Å². The Labute approximate surface area is 155 Å². The summed E-state index contributed by atoms with van der Waals surface area (Å²) >= 11 is 2.88. The molecule has 0 aliphatic rings. The van der Waals surface area contributed by atoms with Crippen molar-refractivity contribution in [1.82, 2.24) is 20.2 Å². The SMILES string of the molecule is CC(C)n1nnnc1SCC(=O)Nc1ccccc1S[C@H](C)CC#N. The van der Waals surface area contributed by atoms with E-state index in [1.165, 1.54) is 11.8 Å². The van der Waals surface area contributed by atoms with Gasteiger partial charge in [-0.3, -0.25) is 4.79 Å². The number of nitriles is 1.